The van der Waals surface area contributed by atoms with E-state index in [1.807, 2.05) is 0 Å². The van der Waals surface area contributed by atoms with Crippen LogP contribution in [0.1, 0.15) is 6.42 Å². The van der Waals surface area contributed by atoms with Crippen molar-refractivity contribution < 1.29 is 131 Å². The molecule has 0 aromatic heterocycles. The summed E-state index contributed by atoms with van der Waals surface area (Å²) in [6.07, 6.45) is 0.694. The third-order valence-corrected chi connectivity index (χ3v) is 0.605. The van der Waals surface area contributed by atoms with Gasteiger partial charge in [0, 0.05) is 131 Å². The van der Waals surface area contributed by atoms with E-state index in [4.69, 9.17) is 11.5 Å². The SMILES string of the molecule is [CH2-]C(N)CC([CH2-])N.[CH2-]N.[CH2-]N.[CH3-].[CH3-].[Y].[Y].[Y].[Y]. The van der Waals surface area contributed by atoms with Gasteiger partial charge in [-0.3, -0.25) is 14.1 Å². The van der Waals surface area contributed by atoms with E-state index in [9.17, 15) is 0 Å². The Morgan fingerprint density at radius 2 is 0.765 bits per heavy atom. The quantitative estimate of drug-likeness (QED) is 0.369. The number of hydrogen-bond donors (Lipinski definition) is 4. The smallest absolute Gasteiger partial charge is 0 e. The van der Waals surface area contributed by atoms with Gasteiger partial charge in [-0.25, -0.2) is 0 Å². The summed E-state index contributed by atoms with van der Waals surface area (Å²) in [5.74, 6) is 0. The van der Waals surface area contributed by atoms with Crippen LogP contribution in [0.4, 0.5) is 0 Å². The van der Waals surface area contributed by atoms with Crippen LogP contribution in [0.2, 0.25) is 0 Å². The standard InChI is InChI=1S/C5H12N2.2CH4N.2CH3.4Y/c1-4(6)3-5(2)7;2*1-2;;;;;;/h4-5H,1-3,6-7H2;2*1-2H2;2*1H3;;;;/q-2;4*-1;;;;. The summed E-state index contributed by atoms with van der Waals surface area (Å²) in [7, 11) is 5.50. The molecule has 0 saturated carbocycles. The van der Waals surface area contributed by atoms with E-state index >= 15 is 0 Å². The van der Waals surface area contributed by atoms with Gasteiger partial charge in [0.1, 0.15) is 0 Å². The van der Waals surface area contributed by atoms with Crippen LogP contribution in [0, 0.1) is 42.8 Å². The fraction of sp³-hybridized carbons (Fsp3) is 0.333. The van der Waals surface area contributed by atoms with Gasteiger partial charge >= 0.3 is 0 Å². The molecule has 0 aromatic carbocycles. The Morgan fingerprint density at radius 1 is 0.647 bits per heavy atom. The summed E-state index contributed by atoms with van der Waals surface area (Å²) in [4.78, 5) is 0. The predicted molar refractivity (Wildman–Crippen MR) is 63.2 cm³/mol. The van der Waals surface area contributed by atoms with Crippen LogP contribution in [0.5, 0.6) is 0 Å². The Hall–Kier alpha value is 4.26. The second kappa shape index (κ2) is 59.3. The molecule has 0 fully saturated rings. The zero-order chi connectivity index (χ0) is 9.86. The van der Waals surface area contributed by atoms with Crippen molar-refractivity contribution >= 4 is 0 Å². The Labute approximate surface area is 211 Å². The summed E-state index contributed by atoms with van der Waals surface area (Å²) in [6.45, 7) is 7.07. The van der Waals surface area contributed by atoms with Crippen molar-refractivity contribution in [2.75, 3.05) is 0 Å². The van der Waals surface area contributed by atoms with Gasteiger partial charge in [0.15, 0.2) is 0 Å². The van der Waals surface area contributed by atoms with Gasteiger partial charge in [-0.15, -0.1) is 12.1 Å². The fourth-order valence-electron chi connectivity index (χ4n) is 0.389. The molecule has 0 aliphatic rings. The van der Waals surface area contributed by atoms with Gasteiger partial charge in [-0.2, -0.15) is 0 Å². The molecule has 17 heavy (non-hydrogen) atoms. The van der Waals surface area contributed by atoms with E-state index in [0.29, 0.717) is 6.42 Å². The van der Waals surface area contributed by atoms with Gasteiger partial charge in [0.05, 0.1) is 0 Å². The summed E-state index contributed by atoms with van der Waals surface area (Å²) >= 11 is 0. The first kappa shape index (κ1) is 58.1. The first-order chi connectivity index (χ1) is 5.13. The second-order valence-electron chi connectivity index (χ2n) is 1.76. The molecule has 2 atom stereocenters. The van der Waals surface area contributed by atoms with Crippen LogP contribution in [-0.4, -0.2) is 12.1 Å². The van der Waals surface area contributed by atoms with E-state index in [0.717, 1.165) is 0 Å². The van der Waals surface area contributed by atoms with Crippen LogP contribution in [0.25, 0.3) is 0 Å². The Morgan fingerprint density at radius 3 is 0.765 bits per heavy atom. The second-order valence-corrected chi connectivity index (χ2v) is 1.76. The van der Waals surface area contributed by atoms with E-state index in [1.54, 1.807) is 0 Å². The van der Waals surface area contributed by atoms with Crippen LogP contribution in [0.15, 0.2) is 0 Å². The zero-order valence-electron chi connectivity index (χ0n) is 11.3. The average Bonchev–Trinajstić information content (AvgIpc) is 1.93. The van der Waals surface area contributed by atoms with Crippen LogP contribution < -0.4 is 22.9 Å². The molecule has 0 aromatic rings. The summed E-state index contributed by atoms with van der Waals surface area (Å²) in [6, 6.07) is -0.125. The van der Waals surface area contributed by atoms with E-state index in [2.05, 4.69) is 39.4 Å². The maximum Gasteiger partial charge on any atom is 0 e. The molecule has 4 nitrogen and oxygen atoms in total. The largest absolute Gasteiger partial charge is 0.486 e. The fourth-order valence-corrected chi connectivity index (χ4v) is 0.389. The molecule has 0 spiro atoms. The summed E-state index contributed by atoms with van der Waals surface area (Å²) in [5, 5.41) is 0. The summed E-state index contributed by atoms with van der Waals surface area (Å²) in [5.41, 5.74) is 19.0. The summed E-state index contributed by atoms with van der Waals surface area (Å²) < 4.78 is 0. The van der Waals surface area contributed by atoms with Gasteiger partial charge < -0.3 is 51.6 Å². The van der Waals surface area contributed by atoms with Gasteiger partial charge in [0.2, 0.25) is 0 Å². The Kier molecular flexibility index (Phi) is 202. The normalized spacial score (nSPS) is 8.47. The number of nitrogens with two attached hydrogens (primary N) is 4. The molecule has 0 amide bonds. The molecule has 0 heterocycles. The molecular formula is C9H26N4Y4-6. The third kappa shape index (κ3) is 99.0. The van der Waals surface area contributed by atoms with Gasteiger partial charge in [-0.05, 0) is 0 Å². The van der Waals surface area contributed by atoms with E-state index < -0.39 is 0 Å². The number of rotatable bonds is 2. The van der Waals surface area contributed by atoms with Gasteiger partial charge in [-0.1, -0.05) is 6.42 Å². The van der Waals surface area contributed by atoms with Crippen molar-refractivity contribution in [2.24, 2.45) is 22.9 Å². The molecule has 2 unspecified atom stereocenters. The molecule has 0 saturated heterocycles. The van der Waals surface area contributed by atoms with Crippen molar-refractivity contribution in [1.29, 1.82) is 0 Å². The maximum atomic E-state index is 5.26. The first-order valence-electron chi connectivity index (χ1n) is 3.12. The third-order valence-electron chi connectivity index (χ3n) is 0.605. The van der Waals surface area contributed by atoms with Crippen LogP contribution in [-0.2, 0) is 131 Å². The molecule has 0 aliphatic heterocycles. The monoisotopic (exact) mass is 546 g/mol. The van der Waals surface area contributed by atoms with Crippen molar-refractivity contribution in [3.8, 4) is 0 Å². The van der Waals surface area contributed by atoms with Crippen molar-refractivity contribution in [1.82, 2.24) is 0 Å². The predicted octanol–water partition coefficient (Wildman–Crippen LogP) is 0.0632. The minimum absolute atomic E-state index is 0. The van der Waals surface area contributed by atoms with Crippen LogP contribution >= 0.6 is 0 Å². The Balaban J connectivity index is -0.00000000838. The van der Waals surface area contributed by atoms with Crippen molar-refractivity contribution in [3.05, 3.63) is 42.8 Å². The molecule has 8 heteroatoms. The minimum atomic E-state index is -0.0625. The number of hydrogen-bond acceptors (Lipinski definition) is 4. The molecule has 8 N–H and O–H groups in total. The van der Waals surface area contributed by atoms with Crippen molar-refractivity contribution in [2.45, 2.75) is 18.5 Å². The van der Waals surface area contributed by atoms with E-state index in [1.165, 1.54) is 0 Å². The maximum absolute atomic E-state index is 5.26. The zero-order valence-corrected chi connectivity index (χ0v) is 22.7. The molecule has 4 radical (unpaired) electrons. The first-order valence-corrected chi connectivity index (χ1v) is 3.12. The van der Waals surface area contributed by atoms with Crippen molar-refractivity contribution in [3.63, 3.8) is 0 Å². The molecule has 0 aliphatic carbocycles. The molecule has 0 rings (SSSR count). The van der Waals surface area contributed by atoms with Gasteiger partial charge in [0.25, 0.3) is 0 Å². The average molecular weight is 546 g/mol. The Bertz CT molecular complexity index is 54.3. The van der Waals surface area contributed by atoms with Crippen LogP contribution in [0.3, 0.4) is 0 Å². The molecule has 0 bridgehead atoms. The van der Waals surface area contributed by atoms with E-state index in [-0.39, 0.29) is 158 Å². The topological polar surface area (TPSA) is 104 Å². The molecule has 100 valence electrons. The molecular weight excluding hydrogens is 520 g/mol. The minimum Gasteiger partial charge on any atom is -0.486 e.